The fourth-order valence-electron chi connectivity index (χ4n) is 2.73. The molecule has 1 N–H and O–H groups in total. The number of pyridine rings is 2. The largest absolute Gasteiger partial charge is 0.345 e. The number of amides is 1. The van der Waals surface area contributed by atoms with Crippen LogP contribution in [0.1, 0.15) is 36.1 Å². The molecule has 5 heteroatoms. The van der Waals surface area contributed by atoms with E-state index in [0.717, 1.165) is 11.1 Å². The van der Waals surface area contributed by atoms with Crippen LogP contribution >= 0.6 is 0 Å². The minimum atomic E-state index is -0.280. The van der Waals surface area contributed by atoms with Crippen molar-refractivity contribution in [2.75, 3.05) is 0 Å². The van der Waals surface area contributed by atoms with Crippen molar-refractivity contribution in [1.29, 1.82) is 0 Å². The lowest BCUT2D eigenvalue weighted by Crippen LogP contribution is -2.33. The van der Waals surface area contributed by atoms with Gasteiger partial charge in [-0.2, -0.15) is 0 Å². The van der Waals surface area contributed by atoms with E-state index in [2.05, 4.69) is 10.3 Å². The number of carbonyl (C=O) groups excluding carboxylic acids is 1. The second-order valence-corrected chi connectivity index (χ2v) is 5.89. The van der Waals surface area contributed by atoms with Gasteiger partial charge in [-0.1, -0.05) is 24.3 Å². The van der Waals surface area contributed by atoms with Crippen LogP contribution in [0.3, 0.4) is 0 Å². The lowest BCUT2D eigenvalue weighted by molar-refractivity contribution is 0.0938. The van der Waals surface area contributed by atoms with Gasteiger partial charge in [0.25, 0.3) is 11.5 Å². The third kappa shape index (κ3) is 3.06. The number of aromatic nitrogens is 2. The molecule has 5 nitrogen and oxygen atoms in total. The molecule has 0 aliphatic carbocycles. The Morgan fingerprint density at radius 3 is 2.62 bits per heavy atom. The van der Waals surface area contributed by atoms with E-state index in [0.29, 0.717) is 17.6 Å². The normalized spacial score (nSPS) is 11.0. The van der Waals surface area contributed by atoms with Gasteiger partial charge in [0.05, 0.1) is 12.2 Å². The molecule has 0 unspecified atom stereocenters. The topological polar surface area (TPSA) is 64.0 Å². The van der Waals surface area contributed by atoms with E-state index < -0.39 is 0 Å². The number of nitrogens with zero attached hydrogens (tertiary/aromatic N) is 2. The average molecular weight is 321 g/mol. The van der Waals surface area contributed by atoms with Crippen molar-refractivity contribution < 1.29 is 4.79 Å². The molecule has 122 valence electrons. The highest BCUT2D eigenvalue weighted by Crippen LogP contribution is 2.15. The first-order valence-corrected chi connectivity index (χ1v) is 7.90. The van der Waals surface area contributed by atoms with Crippen LogP contribution in [0.5, 0.6) is 0 Å². The molecule has 0 saturated heterocycles. The van der Waals surface area contributed by atoms with E-state index in [-0.39, 0.29) is 17.5 Å². The van der Waals surface area contributed by atoms with Gasteiger partial charge in [-0.15, -0.1) is 0 Å². The second-order valence-electron chi connectivity index (χ2n) is 5.89. The molecule has 0 radical (unpaired) electrons. The SMILES string of the molecule is CC(C)n1c(C(=O)NCc2ccccn2)cc2ccccc2c1=O. The number of hydrogen-bond donors (Lipinski definition) is 1. The van der Waals surface area contributed by atoms with Gasteiger partial charge in [-0.3, -0.25) is 14.6 Å². The van der Waals surface area contributed by atoms with Crippen LogP contribution in [0.15, 0.2) is 59.5 Å². The van der Waals surface area contributed by atoms with Crippen molar-refractivity contribution in [2.24, 2.45) is 0 Å². The molecule has 0 aliphatic heterocycles. The molecular weight excluding hydrogens is 302 g/mol. The zero-order valence-corrected chi connectivity index (χ0v) is 13.7. The van der Waals surface area contributed by atoms with Crippen LogP contribution in [-0.4, -0.2) is 15.5 Å². The standard InChI is InChI=1S/C19H19N3O2/c1-13(2)22-17(11-14-7-3-4-9-16(14)19(22)24)18(23)21-12-15-8-5-6-10-20-15/h3-11,13H,12H2,1-2H3,(H,21,23). The van der Waals surface area contributed by atoms with Crippen molar-refractivity contribution in [3.63, 3.8) is 0 Å². The van der Waals surface area contributed by atoms with Crippen LogP contribution < -0.4 is 10.9 Å². The summed E-state index contributed by atoms with van der Waals surface area (Å²) in [7, 11) is 0. The van der Waals surface area contributed by atoms with Crippen molar-refractivity contribution in [3.05, 3.63) is 76.5 Å². The van der Waals surface area contributed by atoms with E-state index in [1.807, 2.05) is 50.2 Å². The van der Waals surface area contributed by atoms with Gasteiger partial charge < -0.3 is 9.88 Å². The minimum absolute atomic E-state index is 0.113. The highest BCUT2D eigenvalue weighted by atomic mass is 16.2. The van der Waals surface area contributed by atoms with Crippen molar-refractivity contribution >= 4 is 16.7 Å². The van der Waals surface area contributed by atoms with Crippen LogP contribution in [0, 0.1) is 0 Å². The summed E-state index contributed by atoms with van der Waals surface area (Å²) >= 11 is 0. The van der Waals surface area contributed by atoms with Gasteiger partial charge in [-0.05, 0) is 43.5 Å². The quantitative estimate of drug-likeness (QED) is 0.803. The summed E-state index contributed by atoms with van der Waals surface area (Å²) in [4.78, 5) is 29.6. The predicted octanol–water partition coefficient (Wildman–Crippen LogP) is 2.91. The Hall–Kier alpha value is -2.95. The van der Waals surface area contributed by atoms with Gasteiger partial charge in [0.15, 0.2) is 0 Å². The first-order valence-electron chi connectivity index (χ1n) is 7.90. The molecule has 0 fully saturated rings. The highest BCUT2D eigenvalue weighted by Gasteiger charge is 2.17. The molecule has 0 atom stereocenters. The summed E-state index contributed by atoms with van der Waals surface area (Å²) in [6.45, 7) is 4.11. The Morgan fingerprint density at radius 2 is 1.92 bits per heavy atom. The average Bonchev–Trinajstić information content (AvgIpc) is 2.60. The van der Waals surface area contributed by atoms with Crippen LogP contribution in [0.25, 0.3) is 10.8 Å². The Bertz CT molecular complexity index is 930. The predicted molar refractivity (Wildman–Crippen MR) is 94.0 cm³/mol. The Labute approximate surface area is 140 Å². The van der Waals surface area contributed by atoms with Gasteiger partial charge in [0, 0.05) is 17.6 Å². The smallest absolute Gasteiger partial charge is 0.268 e. The monoisotopic (exact) mass is 321 g/mol. The summed E-state index contributed by atoms with van der Waals surface area (Å²) in [6.07, 6.45) is 1.68. The Balaban J connectivity index is 1.99. The van der Waals surface area contributed by atoms with E-state index in [1.165, 1.54) is 4.57 Å². The maximum absolute atomic E-state index is 12.7. The summed E-state index contributed by atoms with van der Waals surface area (Å²) in [5.41, 5.74) is 0.987. The fraction of sp³-hybridized carbons (Fsp3) is 0.211. The van der Waals surface area contributed by atoms with E-state index >= 15 is 0 Å². The van der Waals surface area contributed by atoms with E-state index in [4.69, 9.17) is 0 Å². The lowest BCUT2D eigenvalue weighted by atomic mass is 10.1. The molecule has 0 saturated carbocycles. The molecule has 1 amide bonds. The molecule has 3 rings (SSSR count). The highest BCUT2D eigenvalue weighted by molar-refractivity contribution is 5.96. The van der Waals surface area contributed by atoms with Gasteiger partial charge in [0.2, 0.25) is 0 Å². The second kappa shape index (κ2) is 6.66. The molecule has 0 aliphatic rings. The third-order valence-electron chi connectivity index (χ3n) is 3.87. The molecule has 0 spiro atoms. The molecule has 0 bridgehead atoms. The van der Waals surface area contributed by atoms with Crippen molar-refractivity contribution in [2.45, 2.75) is 26.4 Å². The first-order chi connectivity index (χ1) is 11.6. The maximum Gasteiger partial charge on any atom is 0.268 e. The molecule has 2 aromatic heterocycles. The van der Waals surface area contributed by atoms with Crippen LogP contribution in [-0.2, 0) is 6.54 Å². The van der Waals surface area contributed by atoms with Crippen LogP contribution in [0.2, 0.25) is 0 Å². The number of nitrogens with one attached hydrogen (secondary N) is 1. The number of fused-ring (bicyclic) bond motifs is 1. The summed E-state index contributed by atoms with van der Waals surface area (Å²) < 4.78 is 1.54. The third-order valence-corrected chi connectivity index (χ3v) is 3.87. The number of carbonyl (C=O) groups is 1. The molecule has 1 aromatic carbocycles. The van der Waals surface area contributed by atoms with Gasteiger partial charge in [0.1, 0.15) is 5.69 Å². The molecule has 3 aromatic rings. The van der Waals surface area contributed by atoms with Crippen molar-refractivity contribution in [1.82, 2.24) is 14.9 Å². The fourth-order valence-corrected chi connectivity index (χ4v) is 2.73. The van der Waals surface area contributed by atoms with E-state index in [1.54, 1.807) is 18.3 Å². The Kier molecular flexibility index (Phi) is 4.42. The minimum Gasteiger partial charge on any atom is -0.345 e. The molecule has 24 heavy (non-hydrogen) atoms. The van der Waals surface area contributed by atoms with E-state index in [9.17, 15) is 9.59 Å². The lowest BCUT2D eigenvalue weighted by Gasteiger charge is -2.17. The maximum atomic E-state index is 12.7. The molecular formula is C19H19N3O2. The number of hydrogen-bond acceptors (Lipinski definition) is 3. The zero-order chi connectivity index (χ0) is 17.1. The van der Waals surface area contributed by atoms with Gasteiger partial charge >= 0.3 is 0 Å². The summed E-state index contributed by atoms with van der Waals surface area (Å²) in [5, 5.41) is 4.23. The number of benzene rings is 1. The van der Waals surface area contributed by atoms with Crippen molar-refractivity contribution in [3.8, 4) is 0 Å². The summed E-state index contributed by atoms with van der Waals surface area (Å²) in [6, 6.07) is 14.5. The Morgan fingerprint density at radius 1 is 1.17 bits per heavy atom. The number of rotatable bonds is 4. The molecule has 2 heterocycles. The first kappa shape index (κ1) is 15.9. The summed E-state index contributed by atoms with van der Waals surface area (Å²) in [5.74, 6) is -0.280. The zero-order valence-electron chi connectivity index (χ0n) is 13.7. The van der Waals surface area contributed by atoms with Gasteiger partial charge in [-0.25, -0.2) is 0 Å². The van der Waals surface area contributed by atoms with Crippen LogP contribution in [0.4, 0.5) is 0 Å².